The Kier molecular flexibility index (Phi) is 3.89. The van der Waals surface area contributed by atoms with Crippen molar-refractivity contribution in [2.24, 2.45) is 0 Å². The van der Waals surface area contributed by atoms with E-state index in [4.69, 9.17) is 23.2 Å². The molecule has 0 unspecified atom stereocenters. The number of rotatable bonds is 3. The molecule has 2 N–H and O–H groups in total. The predicted molar refractivity (Wildman–Crippen MR) is 72.1 cm³/mol. The molecule has 94 valence electrons. The summed E-state index contributed by atoms with van der Waals surface area (Å²) >= 11 is 11.8. The van der Waals surface area contributed by atoms with Gasteiger partial charge < -0.3 is 5.32 Å². The largest absolute Gasteiger partial charge is 0.311 e. The highest BCUT2D eigenvalue weighted by Crippen LogP contribution is 2.21. The van der Waals surface area contributed by atoms with Crippen molar-refractivity contribution >= 4 is 34.9 Å². The van der Waals surface area contributed by atoms with Crippen LogP contribution in [0, 0.1) is 6.92 Å². The zero-order valence-corrected chi connectivity index (χ0v) is 11.1. The third-order valence-corrected chi connectivity index (χ3v) is 3.05. The van der Waals surface area contributed by atoms with E-state index < -0.39 is 0 Å². The topological polar surface area (TPSA) is 57.8 Å². The normalized spacial score (nSPS) is 10.4. The van der Waals surface area contributed by atoms with Crippen LogP contribution in [0.2, 0.25) is 10.0 Å². The Labute approximate surface area is 114 Å². The van der Waals surface area contributed by atoms with E-state index in [-0.39, 0.29) is 12.3 Å². The number of halogens is 2. The van der Waals surface area contributed by atoms with Crippen LogP contribution in [0.3, 0.4) is 0 Å². The molecule has 0 aliphatic rings. The maximum Gasteiger partial charge on any atom is 0.229 e. The number of amides is 1. The molecule has 2 aromatic rings. The minimum atomic E-state index is -0.161. The molecule has 0 saturated heterocycles. The van der Waals surface area contributed by atoms with E-state index in [1.165, 1.54) is 0 Å². The Morgan fingerprint density at radius 1 is 1.44 bits per heavy atom. The fraction of sp³-hybridized carbons (Fsp3) is 0.167. The second-order valence-corrected chi connectivity index (χ2v) is 4.73. The average Bonchev–Trinajstić information content (AvgIpc) is 2.69. The number of hydrogen-bond donors (Lipinski definition) is 2. The van der Waals surface area contributed by atoms with E-state index in [2.05, 4.69) is 15.5 Å². The SMILES string of the molecule is Cc1cn[nH]c1NC(=O)Cc1ccc(Cl)cc1Cl. The molecule has 0 aliphatic heterocycles. The predicted octanol–water partition coefficient (Wildman–Crippen LogP) is 3.21. The van der Waals surface area contributed by atoms with Gasteiger partial charge in [-0.25, -0.2) is 0 Å². The molecule has 1 aromatic heterocycles. The van der Waals surface area contributed by atoms with E-state index in [0.717, 1.165) is 11.1 Å². The highest BCUT2D eigenvalue weighted by molar-refractivity contribution is 6.35. The standard InChI is InChI=1S/C12H11Cl2N3O/c1-7-6-15-17-12(7)16-11(18)4-8-2-3-9(13)5-10(8)14/h2-3,5-6H,4H2,1H3,(H2,15,16,17,18). The van der Waals surface area contributed by atoms with Crippen LogP contribution in [0.25, 0.3) is 0 Å². The smallest absolute Gasteiger partial charge is 0.229 e. The van der Waals surface area contributed by atoms with Gasteiger partial charge in [0.05, 0.1) is 12.6 Å². The molecule has 1 heterocycles. The van der Waals surface area contributed by atoms with Gasteiger partial charge in [0, 0.05) is 15.6 Å². The molecule has 0 radical (unpaired) electrons. The number of H-pyrrole nitrogens is 1. The second-order valence-electron chi connectivity index (χ2n) is 3.89. The number of anilines is 1. The molecule has 0 bridgehead atoms. The lowest BCUT2D eigenvalue weighted by Crippen LogP contribution is -2.15. The van der Waals surface area contributed by atoms with Gasteiger partial charge in [-0.05, 0) is 24.6 Å². The molecule has 1 amide bonds. The molecule has 0 atom stereocenters. The van der Waals surface area contributed by atoms with E-state index in [1.54, 1.807) is 24.4 Å². The van der Waals surface area contributed by atoms with Crippen molar-refractivity contribution in [3.63, 3.8) is 0 Å². The van der Waals surface area contributed by atoms with E-state index in [1.807, 2.05) is 6.92 Å². The van der Waals surface area contributed by atoms with Crippen LogP contribution in [-0.2, 0) is 11.2 Å². The Hall–Kier alpha value is -1.52. The van der Waals surface area contributed by atoms with Crippen LogP contribution in [0.1, 0.15) is 11.1 Å². The number of carbonyl (C=O) groups is 1. The van der Waals surface area contributed by atoms with E-state index >= 15 is 0 Å². The van der Waals surface area contributed by atoms with Crippen LogP contribution in [0.5, 0.6) is 0 Å². The number of aryl methyl sites for hydroxylation is 1. The Morgan fingerprint density at radius 3 is 2.83 bits per heavy atom. The summed E-state index contributed by atoms with van der Waals surface area (Å²) in [6.45, 7) is 1.86. The molecular weight excluding hydrogens is 273 g/mol. The molecule has 6 heteroatoms. The highest BCUT2D eigenvalue weighted by Gasteiger charge is 2.09. The zero-order valence-electron chi connectivity index (χ0n) is 9.63. The number of carbonyl (C=O) groups excluding carboxylic acids is 1. The van der Waals surface area contributed by atoms with Crippen LogP contribution >= 0.6 is 23.2 Å². The minimum absolute atomic E-state index is 0.161. The summed E-state index contributed by atoms with van der Waals surface area (Å²) in [6.07, 6.45) is 1.83. The number of nitrogens with zero attached hydrogens (tertiary/aromatic N) is 1. The number of benzene rings is 1. The Bertz CT molecular complexity index is 580. The third kappa shape index (κ3) is 3.03. The summed E-state index contributed by atoms with van der Waals surface area (Å²) in [5.41, 5.74) is 1.61. The van der Waals surface area contributed by atoms with Gasteiger partial charge in [-0.15, -0.1) is 0 Å². The number of aromatic nitrogens is 2. The lowest BCUT2D eigenvalue weighted by Gasteiger charge is -2.06. The van der Waals surface area contributed by atoms with E-state index in [0.29, 0.717) is 15.9 Å². The monoisotopic (exact) mass is 283 g/mol. The van der Waals surface area contributed by atoms with Crippen LogP contribution in [-0.4, -0.2) is 16.1 Å². The maximum atomic E-state index is 11.8. The number of aromatic amines is 1. The molecule has 18 heavy (non-hydrogen) atoms. The highest BCUT2D eigenvalue weighted by atomic mass is 35.5. The lowest BCUT2D eigenvalue weighted by atomic mass is 10.1. The molecule has 4 nitrogen and oxygen atoms in total. The third-order valence-electron chi connectivity index (χ3n) is 2.46. The van der Waals surface area contributed by atoms with Crippen LogP contribution < -0.4 is 5.32 Å². The van der Waals surface area contributed by atoms with Crippen LogP contribution in [0.4, 0.5) is 5.82 Å². The summed E-state index contributed by atoms with van der Waals surface area (Å²) in [5, 5.41) is 10.3. The summed E-state index contributed by atoms with van der Waals surface area (Å²) < 4.78 is 0. The van der Waals surface area contributed by atoms with Gasteiger partial charge in [0.2, 0.25) is 5.91 Å². The van der Waals surface area contributed by atoms with Gasteiger partial charge in [0.15, 0.2) is 0 Å². The van der Waals surface area contributed by atoms with Crippen molar-refractivity contribution < 1.29 is 4.79 Å². The zero-order chi connectivity index (χ0) is 13.1. The van der Waals surface area contributed by atoms with Gasteiger partial charge in [-0.3, -0.25) is 9.89 Å². The van der Waals surface area contributed by atoms with Crippen LogP contribution in [0.15, 0.2) is 24.4 Å². The van der Waals surface area contributed by atoms with Crippen molar-refractivity contribution in [1.29, 1.82) is 0 Å². The van der Waals surface area contributed by atoms with E-state index in [9.17, 15) is 4.79 Å². The molecule has 0 saturated carbocycles. The first kappa shape index (κ1) is 12.9. The molecule has 1 aromatic carbocycles. The van der Waals surface area contributed by atoms with Gasteiger partial charge in [0.1, 0.15) is 5.82 Å². The first-order valence-electron chi connectivity index (χ1n) is 5.30. The summed E-state index contributed by atoms with van der Waals surface area (Å²) in [4.78, 5) is 11.8. The fourth-order valence-electron chi connectivity index (χ4n) is 1.49. The van der Waals surface area contributed by atoms with Crippen molar-refractivity contribution in [3.8, 4) is 0 Å². The number of nitrogens with one attached hydrogen (secondary N) is 2. The van der Waals surface area contributed by atoms with Gasteiger partial charge in [-0.2, -0.15) is 5.10 Å². The quantitative estimate of drug-likeness (QED) is 0.909. The van der Waals surface area contributed by atoms with Crippen molar-refractivity contribution in [2.45, 2.75) is 13.3 Å². The Morgan fingerprint density at radius 2 is 2.22 bits per heavy atom. The van der Waals surface area contributed by atoms with Gasteiger partial charge in [0.25, 0.3) is 0 Å². The summed E-state index contributed by atoms with van der Waals surface area (Å²) in [6, 6.07) is 5.06. The van der Waals surface area contributed by atoms with Crippen molar-refractivity contribution in [1.82, 2.24) is 10.2 Å². The first-order valence-corrected chi connectivity index (χ1v) is 6.05. The Balaban J connectivity index is 2.05. The molecule has 0 spiro atoms. The average molecular weight is 284 g/mol. The number of hydrogen-bond acceptors (Lipinski definition) is 2. The second kappa shape index (κ2) is 5.42. The van der Waals surface area contributed by atoms with Gasteiger partial charge in [-0.1, -0.05) is 29.3 Å². The lowest BCUT2D eigenvalue weighted by molar-refractivity contribution is -0.115. The molecule has 0 fully saturated rings. The van der Waals surface area contributed by atoms with Gasteiger partial charge >= 0.3 is 0 Å². The molecular formula is C12H11Cl2N3O. The van der Waals surface area contributed by atoms with Crippen molar-refractivity contribution in [2.75, 3.05) is 5.32 Å². The maximum absolute atomic E-state index is 11.8. The van der Waals surface area contributed by atoms with Crippen molar-refractivity contribution in [3.05, 3.63) is 45.6 Å². The fourth-order valence-corrected chi connectivity index (χ4v) is 1.97. The summed E-state index contributed by atoms with van der Waals surface area (Å²) in [5.74, 6) is 0.441. The summed E-state index contributed by atoms with van der Waals surface area (Å²) in [7, 11) is 0. The molecule has 0 aliphatic carbocycles. The first-order chi connectivity index (χ1) is 8.56. The minimum Gasteiger partial charge on any atom is -0.311 e. The molecule has 2 rings (SSSR count).